The van der Waals surface area contributed by atoms with E-state index in [9.17, 15) is 9.65 Å². The number of hydrogen-bond acceptors (Lipinski definition) is 9. The number of ether oxygens (including phenoxy) is 3. The van der Waals surface area contributed by atoms with Crippen molar-refractivity contribution in [2.24, 2.45) is 5.92 Å². The lowest BCUT2D eigenvalue weighted by Gasteiger charge is -2.57. The molecule has 2 aromatic rings. The van der Waals surface area contributed by atoms with Gasteiger partial charge in [0, 0.05) is 50.2 Å². The Morgan fingerprint density at radius 2 is 2.10 bits per heavy atom. The van der Waals surface area contributed by atoms with Crippen LogP contribution in [0.5, 0.6) is 6.01 Å². The van der Waals surface area contributed by atoms with Gasteiger partial charge in [0.1, 0.15) is 30.3 Å². The van der Waals surface area contributed by atoms with Crippen LogP contribution in [0.3, 0.4) is 0 Å². The van der Waals surface area contributed by atoms with Gasteiger partial charge in [-0.25, -0.2) is 4.39 Å². The van der Waals surface area contributed by atoms with E-state index in [2.05, 4.69) is 22.8 Å². The molecule has 3 aliphatic carbocycles. The Hall–Kier alpha value is -3.00. The van der Waals surface area contributed by atoms with Crippen LogP contribution in [-0.4, -0.2) is 72.6 Å². The lowest BCUT2D eigenvalue weighted by Crippen LogP contribution is -2.53. The maximum absolute atomic E-state index is 14.5. The second-order valence-electron chi connectivity index (χ2n) is 13.4. The summed E-state index contributed by atoms with van der Waals surface area (Å²) < 4.78 is 33.6. The standard InChI is InChI=1S/C32H39FN6O3/c1-19-10-25(35)23(15-34)28-27(19)20-11-21(12-20)32(28)14-26-24(17-42-32)29(38-5-3-8-40-9-7-38)37-30(36-26)41-18-31-4-2-6-39(31)16-22(33)13-31/h10,20-22H,2-9,11-14,16-18,35H2,1H3/t20?,21?,22?,31?,32-/m1/s1. The van der Waals surface area contributed by atoms with Crippen molar-refractivity contribution in [1.29, 1.82) is 5.26 Å². The van der Waals surface area contributed by atoms with Crippen LogP contribution in [0.1, 0.15) is 78.0 Å². The molecule has 2 unspecified atom stereocenters. The Kier molecular flexibility index (Phi) is 6.19. The fourth-order valence-corrected chi connectivity index (χ4v) is 9.03. The highest BCUT2D eigenvalue weighted by Crippen LogP contribution is 2.63. The summed E-state index contributed by atoms with van der Waals surface area (Å²) in [6, 6.07) is 4.72. The van der Waals surface area contributed by atoms with Crippen molar-refractivity contribution in [2.75, 3.05) is 56.6 Å². The first-order valence-electron chi connectivity index (χ1n) is 15.6. The lowest BCUT2D eigenvalue weighted by atomic mass is 9.52. The van der Waals surface area contributed by atoms with Crippen LogP contribution in [0.2, 0.25) is 0 Å². The number of aromatic nitrogens is 2. The van der Waals surface area contributed by atoms with Gasteiger partial charge in [-0.05, 0) is 74.6 Å². The minimum Gasteiger partial charge on any atom is -0.461 e. The van der Waals surface area contributed by atoms with Gasteiger partial charge >= 0.3 is 6.01 Å². The van der Waals surface area contributed by atoms with Gasteiger partial charge in [0.25, 0.3) is 0 Å². The van der Waals surface area contributed by atoms with Gasteiger partial charge in [-0.1, -0.05) is 0 Å². The third kappa shape index (κ3) is 3.89. The second kappa shape index (κ2) is 9.76. The number of nitriles is 1. The summed E-state index contributed by atoms with van der Waals surface area (Å²) in [7, 11) is 0. The second-order valence-corrected chi connectivity index (χ2v) is 13.4. The van der Waals surface area contributed by atoms with Crippen LogP contribution in [0.15, 0.2) is 6.07 Å². The number of halogens is 1. The molecule has 9 nitrogen and oxygen atoms in total. The van der Waals surface area contributed by atoms with Crippen molar-refractivity contribution in [2.45, 2.75) is 81.7 Å². The molecule has 3 atom stereocenters. The van der Waals surface area contributed by atoms with Crippen molar-refractivity contribution < 1.29 is 18.6 Å². The van der Waals surface area contributed by atoms with E-state index in [0.29, 0.717) is 68.3 Å². The predicted octanol–water partition coefficient (Wildman–Crippen LogP) is 3.90. The topological polar surface area (TPSA) is 110 Å². The number of rotatable bonds is 4. The molecule has 7 aliphatic rings. The summed E-state index contributed by atoms with van der Waals surface area (Å²) in [6.45, 7) is 7.18. The third-order valence-electron chi connectivity index (χ3n) is 11.1. The molecule has 42 heavy (non-hydrogen) atoms. The van der Waals surface area contributed by atoms with Crippen LogP contribution >= 0.6 is 0 Å². The van der Waals surface area contributed by atoms with E-state index in [0.717, 1.165) is 86.5 Å². The highest BCUT2D eigenvalue weighted by atomic mass is 19.1. The molecule has 4 aliphatic heterocycles. The Labute approximate surface area is 246 Å². The van der Waals surface area contributed by atoms with Crippen molar-refractivity contribution in [3.05, 3.63) is 39.6 Å². The summed E-state index contributed by atoms with van der Waals surface area (Å²) >= 11 is 0. The molecule has 3 saturated heterocycles. The fraction of sp³-hybridized carbons (Fsp3) is 0.656. The molecule has 222 valence electrons. The van der Waals surface area contributed by atoms with Gasteiger partial charge in [-0.15, -0.1) is 0 Å². The number of benzene rings is 1. The average Bonchev–Trinajstić information content (AvgIpc) is 3.33. The zero-order valence-electron chi connectivity index (χ0n) is 24.3. The summed E-state index contributed by atoms with van der Waals surface area (Å²) in [5.74, 6) is 1.60. The Morgan fingerprint density at radius 1 is 1.21 bits per heavy atom. The molecular weight excluding hydrogens is 535 g/mol. The minimum absolute atomic E-state index is 0.278. The van der Waals surface area contributed by atoms with E-state index >= 15 is 0 Å². The summed E-state index contributed by atoms with van der Waals surface area (Å²) in [6.07, 6.45) is 5.24. The van der Waals surface area contributed by atoms with E-state index in [-0.39, 0.29) is 5.54 Å². The molecule has 2 N–H and O–H groups in total. The highest BCUT2D eigenvalue weighted by Gasteiger charge is 2.58. The van der Waals surface area contributed by atoms with E-state index in [1.54, 1.807) is 0 Å². The van der Waals surface area contributed by atoms with Gasteiger partial charge in [-0.3, -0.25) is 4.90 Å². The Morgan fingerprint density at radius 3 is 2.95 bits per heavy atom. The van der Waals surface area contributed by atoms with Gasteiger partial charge in [0.2, 0.25) is 0 Å². The number of alkyl halides is 1. The monoisotopic (exact) mass is 574 g/mol. The minimum atomic E-state index is -0.814. The number of anilines is 2. The van der Waals surface area contributed by atoms with E-state index < -0.39 is 11.8 Å². The van der Waals surface area contributed by atoms with Crippen molar-refractivity contribution >= 4 is 11.5 Å². The van der Waals surface area contributed by atoms with Crippen LogP contribution in [0.25, 0.3) is 0 Å². The molecule has 1 aromatic carbocycles. The van der Waals surface area contributed by atoms with Crippen molar-refractivity contribution in [3.8, 4) is 12.1 Å². The normalized spacial score (nSPS) is 33.4. The SMILES string of the molecule is Cc1cc(N)c(C#N)c2c1C1CC(C1)[C@]21Cc2nc(OCC34CCCN3CC(F)C4)nc(N3CCCOCC3)c2CO1. The highest BCUT2D eigenvalue weighted by molar-refractivity contribution is 5.67. The number of aryl methyl sites for hydroxylation is 1. The molecule has 1 saturated carbocycles. The molecule has 9 rings (SSSR count). The predicted molar refractivity (Wildman–Crippen MR) is 154 cm³/mol. The van der Waals surface area contributed by atoms with E-state index in [1.807, 2.05) is 6.07 Å². The number of nitrogens with two attached hydrogens (primary N) is 1. The summed E-state index contributed by atoms with van der Waals surface area (Å²) in [5.41, 5.74) is 11.8. The molecule has 1 aromatic heterocycles. The van der Waals surface area contributed by atoms with E-state index in [4.69, 9.17) is 29.9 Å². The molecular formula is C32H39FN6O3. The first-order valence-corrected chi connectivity index (χ1v) is 15.6. The molecule has 0 radical (unpaired) electrons. The number of nitrogens with zero attached hydrogens (tertiary/aromatic N) is 5. The van der Waals surface area contributed by atoms with E-state index in [1.165, 1.54) is 5.56 Å². The summed E-state index contributed by atoms with van der Waals surface area (Å²) in [5, 5.41) is 10.2. The maximum Gasteiger partial charge on any atom is 0.318 e. The Balaban J connectivity index is 1.20. The van der Waals surface area contributed by atoms with Gasteiger partial charge in [0.05, 0.1) is 35.7 Å². The zero-order valence-corrected chi connectivity index (χ0v) is 24.3. The van der Waals surface area contributed by atoms with Gasteiger partial charge < -0.3 is 24.8 Å². The molecule has 2 bridgehead atoms. The van der Waals surface area contributed by atoms with Crippen LogP contribution < -0.4 is 15.4 Å². The molecule has 5 heterocycles. The van der Waals surface area contributed by atoms with Crippen molar-refractivity contribution in [1.82, 2.24) is 14.9 Å². The Bertz CT molecular complexity index is 1470. The molecule has 1 spiro atoms. The van der Waals surface area contributed by atoms with Crippen LogP contribution in [0.4, 0.5) is 15.9 Å². The third-order valence-corrected chi connectivity index (χ3v) is 11.1. The average molecular weight is 575 g/mol. The van der Waals surface area contributed by atoms with Crippen LogP contribution in [-0.2, 0) is 28.1 Å². The molecule has 10 heteroatoms. The zero-order chi connectivity index (χ0) is 28.6. The van der Waals surface area contributed by atoms with Crippen LogP contribution in [0, 0.1) is 24.2 Å². The fourth-order valence-electron chi connectivity index (χ4n) is 9.03. The smallest absolute Gasteiger partial charge is 0.318 e. The van der Waals surface area contributed by atoms with Gasteiger partial charge in [-0.2, -0.15) is 15.2 Å². The lowest BCUT2D eigenvalue weighted by molar-refractivity contribution is -0.151. The van der Waals surface area contributed by atoms with Crippen molar-refractivity contribution in [3.63, 3.8) is 0 Å². The molecule has 4 fully saturated rings. The number of hydrogen-bond donors (Lipinski definition) is 1. The first kappa shape index (κ1) is 26.6. The molecule has 0 amide bonds. The summed E-state index contributed by atoms with van der Waals surface area (Å²) in [4.78, 5) is 14.6. The largest absolute Gasteiger partial charge is 0.461 e. The van der Waals surface area contributed by atoms with Gasteiger partial charge in [0.15, 0.2) is 0 Å². The quantitative estimate of drug-likeness (QED) is 0.544. The first-order chi connectivity index (χ1) is 20.4. The number of fused-ring (bicyclic) bond motifs is 2. The maximum atomic E-state index is 14.5. The number of nitrogen functional groups attached to an aromatic ring is 1.